The van der Waals surface area contributed by atoms with E-state index < -0.39 is 11.7 Å². The van der Waals surface area contributed by atoms with Crippen LogP contribution in [0.5, 0.6) is 0 Å². The topological polar surface area (TPSA) is 92.7 Å². The van der Waals surface area contributed by atoms with Gasteiger partial charge in [-0.2, -0.15) is 0 Å². The highest BCUT2D eigenvalue weighted by molar-refractivity contribution is 6.05. The van der Waals surface area contributed by atoms with E-state index in [1.165, 1.54) is 12.1 Å². The van der Waals surface area contributed by atoms with Gasteiger partial charge in [-0.05, 0) is 31.2 Å². The molecule has 0 atom stereocenters. The number of hydrogen-bond acceptors (Lipinski definition) is 6. The van der Waals surface area contributed by atoms with Crippen LogP contribution in [0.2, 0.25) is 0 Å². The van der Waals surface area contributed by atoms with Crippen molar-refractivity contribution in [1.82, 2.24) is 19.9 Å². The Morgan fingerprint density at radius 1 is 1.12 bits per heavy atom. The van der Waals surface area contributed by atoms with E-state index in [9.17, 15) is 9.18 Å². The Labute approximate surface area is 137 Å². The fraction of sp³-hybridized carbons (Fsp3) is 0.0625. The zero-order valence-electron chi connectivity index (χ0n) is 12.7. The Hall–Kier alpha value is -3.42. The van der Waals surface area contributed by atoms with Crippen molar-refractivity contribution in [1.29, 1.82) is 0 Å². The predicted molar refractivity (Wildman–Crippen MR) is 86.4 cm³/mol. The van der Waals surface area contributed by atoms with Crippen LogP contribution in [0.1, 0.15) is 16.2 Å². The third-order valence-corrected chi connectivity index (χ3v) is 3.00. The summed E-state index contributed by atoms with van der Waals surface area (Å²) in [5.74, 6) is -0.482. The van der Waals surface area contributed by atoms with E-state index in [-0.39, 0.29) is 17.3 Å². The van der Waals surface area contributed by atoms with Gasteiger partial charge in [0, 0.05) is 6.20 Å². The van der Waals surface area contributed by atoms with E-state index in [1.807, 2.05) is 0 Å². The van der Waals surface area contributed by atoms with Gasteiger partial charge in [-0.15, -0.1) is 0 Å². The predicted octanol–water partition coefficient (Wildman–Crippen LogP) is 2.71. The molecule has 120 valence electrons. The minimum absolute atomic E-state index is 0.102. The number of anilines is 3. The second kappa shape index (κ2) is 6.78. The number of aromatic nitrogens is 4. The lowest BCUT2D eigenvalue weighted by Crippen LogP contribution is -2.18. The molecule has 0 saturated carbocycles. The lowest BCUT2D eigenvalue weighted by Gasteiger charge is -2.10. The Morgan fingerprint density at radius 3 is 2.71 bits per heavy atom. The maximum Gasteiger partial charge on any atom is 0.279 e. The monoisotopic (exact) mass is 324 g/mol. The Bertz CT molecular complexity index is 854. The van der Waals surface area contributed by atoms with Crippen molar-refractivity contribution in [2.45, 2.75) is 6.92 Å². The molecule has 8 heteroatoms. The third-order valence-electron chi connectivity index (χ3n) is 3.00. The van der Waals surface area contributed by atoms with Crippen molar-refractivity contribution in [2.24, 2.45) is 0 Å². The van der Waals surface area contributed by atoms with Crippen molar-refractivity contribution in [3.63, 3.8) is 0 Å². The van der Waals surface area contributed by atoms with Crippen molar-refractivity contribution in [3.05, 3.63) is 66.3 Å². The molecule has 0 radical (unpaired) electrons. The number of hydrogen-bond donors (Lipinski definition) is 2. The maximum atomic E-state index is 12.9. The second-order valence-corrected chi connectivity index (χ2v) is 4.89. The zero-order chi connectivity index (χ0) is 16.9. The molecule has 0 aliphatic rings. The van der Waals surface area contributed by atoms with Crippen LogP contribution in [0.3, 0.4) is 0 Å². The Kier molecular flexibility index (Phi) is 4.37. The zero-order valence-corrected chi connectivity index (χ0v) is 12.7. The molecule has 0 unspecified atom stereocenters. The highest BCUT2D eigenvalue weighted by Crippen LogP contribution is 2.18. The van der Waals surface area contributed by atoms with Crippen LogP contribution in [-0.4, -0.2) is 25.8 Å². The molecule has 3 heterocycles. The maximum absolute atomic E-state index is 12.9. The molecule has 0 fully saturated rings. The van der Waals surface area contributed by atoms with E-state index in [2.05, 4.69) is 30.6 Å². The molecular formula is C16H13FN6O. The lowest BCUT2D eigenvalue weighted by molar-refractivity contribution is 0.102. The van der Waals surface area contributed by atoms with Crippen LogP contribution in [0.15, 0.2) is 49.1 Å². The van der Waals surface area contributed by atoms with Crippen molar-refractivity contribution < 1.29 is 9.18 Å². The molecule has 3 aromatic heterocycles. The van der Waals surface area contributed by atoms with E-state index in [1.54, 1.807) is 37.6 Å². The standard InChI is InChI=1S/C16H13FN6O/c1-10-7-20-15(22-12-3-2-6-18-9-12)14(21-10)16(24)23-13-5-4-11(17)8-19-13/h2-9H,1H3,(H,20,22)(H,19,23,24). The SMILES string of the molecule is Cc1cnc(Nc2cccnc2)c(C(=O)Nc2ccc(F)cn2)n1. The van der Waals surface area contributed by atoms with Gasteiger partial charge in [-0.1, -0.05) is 0 Å². The van der Waals surface area contributed by atoms with Gasteiger partial charge in [0.2, 0.25) is 0 Å². The van der Waals surface area contributed by atoms with Gasteiger partial charge in [0.25, 0.3) is 5.91 Å². The Morgan fingerprint density at radius 2 is 2.00 bits per heavy atom. The number of halogens is 1. The molecule has 0 saturated heterocycles. The molecule has 0 spiro atoms. The number of aryl methyl sites for hydroxylation is 1. The first-order valence-electron chi connectivity index (χ1n) is 7.05. The lowest BCUT2D eigenvalue weighted by atomic mass is 10.3. The molecular weight excluding hydrogens is 311 g/mol. The molecule has 3 aromatic rings. The van der Waals surface area contributed by atoms with Gasteiger partial charge >= 0.3 is 0 Å². The van der Waals surface area contributed by atoms with Gasteiger partial charge in [0.1, 0.15) is 11.6 Å². The van der Waals surface area contributed by atoms with Gasteiger partial charge in [0.05, 0.1) is 30.0 Å². The molecule has 2 N–H and O–H groups in total. The largest absolute Gasteiger partial charge is 0.337 e. The summed E-state index contributed by atoms with van der Waals surface area (Å²) in [5.41, 5.74) is 1.36. The van der Waals surface area contributed by atoms with Gasteiger partial charge in [0.15, 0.2) is 11.5 Å². The second-order valence-electron chi connectivity index (χ2n) is 4.89. The summed E-state index contributed by atoms with van der Waals surface area (Å²) in [6.45, 7) is 1.73. The number of carbonyl (C=O) groups excluding carboxylic acids is 1. The number of nitrogens with one attached hydrogen (secondary N) is 2. The Balaban J connectivity index is 1.87. The summed E-state index contributed by atoms with van der Waals surface area (Å²) < 4.78 is 12.9. The quantitative estimate of drug-likeness (QED) is 0.766. The van der Waals surface area contributed by atoms with Crippen LogP contribution in [0.25, 0.3) is 0 Å². The molecule has 24 heavy (non-hydrogen) atoms. The van der Waals surface area contributed by atoms with Crippen molar-refractivity contribution >= 4 is 23.2 Å². The van der Waals surface area contributed by atoms with Crippen LogP contribution < -0.4 is 10.6 Å². The molecule has 3 rings (SSSR count). The summed E-state index contributed by atoms with van der Waals surface area (Å²) in [5, 5.41) is 5.56. The van der Waals surface area contributed by atoms with E-state index >= 15 is 0 Å². The van der Waals surface area contributed by atoms with Crippen molar-refractivity contribution in [2.75, 3.05) is 10.6 Å². The van der Waals surface area contributed by atoms with Gasteiger partial charge < -0.3 is 10.6 Å². The third kappa shape index (κ3) is 3.67. The average Bonchev–Trinajstić information content (AvgIpc) is 2.59. The van der Waals surface area contributed by atoms with Crippen LogP contribution in [0, 0.1) is 12.7 Å². The molecule has 1 amide bonds. The number of carbonyl (C=O) groups is 1. The highest BCUT2D eigenvalue weighted by atomic mass is 19.1. The van der Waals surface area contributed by atoms with E-state index in [0.29, 0.717) is 11.4 Å². The molecule has 0 aliphatic carbocycles. The summed E-state index contributed by atoms with van der Waals surface area (Å²) in [4.78, 5) is 28.7. The summed E-state index contributed by atoms with van der Waals surface area (Å²) >= 11 is 0. The first-order chi connectivity index (χ1) is 11.6. The minimum atomic E-state index is -0.503. The fourth-order valence-electron chi connectivity index (χ4n) is 1.93. The van der Waals surface area contributed by atoms with Crippen LogP contribution in [0.4, 0.5) is 21.7 Å². The van der Waals surface area contributed by atoms with Crippen LogP contribution in [-0.2, 0) is 0 Å². The first-order valence-corrected chi connectivity index (χ1v) is 7.05. The van der Waals surface area contributed by atoms with Gasteiger partial charge in [-0.25, -0.2) is 19.3 Å². The van der Waals surface area contributed by atoms with Gasteiger partial charge in [-0.3, -0.25) is 9.78 Å². The number of amides is 1. The summed E-state index contributed by atoms with van der Waals surface area (Å²) in [7, 11) is 0. The van der Waals surface area contributed by atoms with E-state index in [4.69, 9.17) is 0 Å². The summed E-state index contributed by atoms with van der Waals surface area (Å²) in [6.07, 6.45) is 5.81. The molecule has 0 bridgehead atoms. The van der Waals surface area contributed by atoms with E-state index in [0.717, 1.165) is 6.20 Å². The number of rotatable bonds is 4. The normalized spacial score (nSPS) is 10.2. The minimum Gasteiger partial charge on any atom is -0.337 e. The molecule has 7 nitrogen and oxygen atoms in total. The smallest absolute Gasteiger partial charge is 0.279 e. The number of pyridine rings is 2. The number of nitrogens with zero attached hydrogens (tertiary/aromatic N) is 4. The van der Waals surface area contributed by atoms with Crippen molar-refractivity contribution in [3.8, 4) is 0 Å². The summed E-state index contributed by atoms with van der Waals surface area (Å²) in [6, 6.07) is 6.12. The molecule has 0 aromatic carbocycles. The highest BCUT2D eigenvalue weighted by Gasteiger charge is 2.16. The first kappa shape index (κ1) is 15.5. The average molecular weight is 324 g/mol. The fourth-order valence-corrected chi connectivity index (χ4v) is 1.93. The molecule has 0 aliphatic heterocycles. The van der Waals surface area contributed by atoms with Crippen LogP contribution >= 0.6 is 0 Å².